The number of hydrogen-bond acceptors (Lipinski definition) is 4. The number of aromatic hydroxyl groups is 1. The van der Waals surface area contributed by atoms with Crippen LogP contribution in [0.1, 0.15) is 41.3 Å². The topological polar surface area (TPSA) is 69.9 Å². The van der Waals surface area contributed by atoms with Crippen LogP contribution in [0.25, 0.3) is 10.9 Å². The third kappa shape index (κ3) is 3.77. The highest BCUT2D eigenvalue weighted by Gasteiger charge is 2.35. The van der Waals surface area contributed by atoms with Gasteiger partial charge in [-0.05, 0) is 62.1 Å². The second kappa shape index (κ2) is 8.13. The molecular weight excluding hydrogens is 456 g/mol. The summed E-state index contributed by atoms with van der Waals surface area (Å²) in [6, 6.07) is 12.1. The number of amides is 1. The maximum Gasteiger partial charge on any atom is 0.254 e. The summed E-state index contributed by atoms with van der Waals surface area (Å²) < 4.78 is 3.31. The fourth-order valence-electron chi connectivity index (χ4n) is 5.00. The van der Waals surface area contributed by atoms with E-state index in [0.29, 0.717) is 12.1 Å². The van der Waals surface area contributed by atoms with Gasteiger partial charge in [-0.25, -0.2) is 5.43 Å². The SMILES string of the molecule is Cc1ccc2c(c1)c1c3n2CCN(CC(=O)NN=Cc2cc(Br)ccc2O)[C@H]3CCC1. The summed E-state index contributed by atoms with van der Waals surface area (Å²) in [7, 11) is 0. The molecule has 0 unspecified atom stereocenters. The average molecular weight is 481 g/mol. The third-order valence-electron chi connectivity index (χ3n) is 6.37. The summed E-state index contributed by atoms with van der Waals surface area (Å²) in [5.41, 5.74) is 8.64. The van der Waals surface area contributed by atoms with E-state index in [1.54, 1.807) is 18.2 Å². The van der Waals surface area contributed by atoms with Gasteiger partial charge in [0.1, 0.15) is 5.75 Å². The number of phenols is 1. The van der Waals surface area contributed by atoms with E-state index in [4.69, 9.17) is 0 Å². The molecule has 0 bridgehead atoms. The van der Waals surface area contributed by atoms with Crippen LogP contribution in [0.5, 0.6) is 5.75 Å². The van der Waals surface area contributed by atoms with Crippen molar-refractivity contribution in [2.75, 3.05) is 13.1 Å². The molecule has 6 nitrogen and oxygen atoms in total. The number of hydrogen-bond donors (Lipinski definition) is 2. The Labute approximate surface area is 189 Å². The first kappa shape index (κ1) is 20.3. The van der Waals surface area contributed by atoms with Crippen LogP contribution in [0.4, 0.5) is 0 Å². The number of carbonyl (C=O) groups excluding carboxylic acids is 1. The fourth-order valence-corrected chi connectivity index (χ4v) is 5.38. The van der Waals surface area contributed by atoms with E-state index in [-0.39, 0.29) is 17.7 Å². The van der Waals surface area contributed by atoms with Gasteiger partial charge in [-0.15, -0.1) is 0 Å². The molecule has 2 heterocycles. The van der Waals surface area contributed by atoms with E-state index >= 15 is 0 Å². The molecule has 2 aliphatic rings. The van der Waals surface area contributed by atoms with Gasteiger partial charge in [0.15, 0.2) is 0 Å². The molecule has 2 aromatic carbocycles. The highest BCUT2D eigenvalue weighted by Crippen LogP contribution is 2.42. The van der Waals surface area contributed by atoms with Crippen LogP contribution >= 0.6 is 15.9 Å². The second-order valence-corrected chi connectivity index (χ2v) is 9.33. The van der Waals surface area contributed by atoms with Gasteiger partial charge in [0, 0.05) is 39.7 Å². The summed E-state index contributed by atoms with van der Waals surface area (Å²) in [6.45, 7) is 4.20. The van der Waals surface area contributed by atoms with Gasteiger partial charge in [-0.2, -0.15) is 5.10 Å². The largest absolute Gasteiger partial charge is 0.507 e. The van der Waals surface area contributed by atoms with Crippen molar-refractivity contribution >= 4 is 39.0 Å². The van der Waals surface area contributed by atoms with Crippen LogP contribution in [0, 0.1) is 6.92 Å². The van der Waals surface area contributed by atoms with Crippen molar-refractivity contribution in [3.05, 3.63) is 63.3 Å². The van der Waals surface area contributed by atoms with Crippen molar-refractivity contribution in [1.82, 2.24) is 14.9 Å². The highest BCUT2D eigenvalue weighted by atomic mass is 79.9. The maximum absolute atomic E-state index is 12.6. The van der Waals surface area contributed by atoms with Gasteiger partial charge in [0.25, 0.3) is 5.91 Å². The summed E-state index contributed by atoms with van der Waals surface area (Å²) in [4.78, 5) is 14.9. The molecule has 3 aromatic rings. The first-order valence-electron chi connectivity index (χ1n) is 10.7. The van der Waals surface area contributed by atoms with Gasteiger partial charge in [0.05, 0.1) is 18.8 Å². The molecule has 0 radical (unpaired) electrons. The Hall–Kier alpha value is -2.64. The normalized spacial score (nSPS) is 18.5. The number of aryl methyl sites for hydroxylation is 2. The first-order valence-corrected chi connectivity index (χ1v) is 11.5. The number of fused-ring (bicyclic) bond motifs is 3. The lowest BCUT2D eigenvalue weighted by Crippen LogP contribution is -2.44. The maximum atomic E-state index is 12.6. The third-order valence-corrected chi connectivity index (χ3v) is 6.86. The highest BCUT2D eigenvalue weighted by molar-refractivity contribution is 9.10. The minimum absolute atomic E-state index is 0.120. The van der Waals surface area contributed by atoms with Crippen molar-refractivity contribution in [3.8, 4) is 5.75 Å². The number of halogens is 1. The molecule has 160 valence electrons. The fraction of sp³-hybridized carbons (Fsp3) is 0.333. The monoisotopic (exact) mass is 480 g/mol. The lowest BCUT2D eigenvalue weighted by Gasteiger charge is -2.39. The van der Waals surface area contributed by atoms with Crippen molar-refractivity contribution in [2.45, 2.75) is 38.8 Å². The van der Waals surface area contributed by atoms with Crippen LogP contribution < -0.4 is 5.43 Å². The second-order valence-electron chi connectivity index (χ2n) is 8.41. The Balaban J connectivity index is 1.32. The molecule has 1 aliphatic heterocycles. The molecule has 2 N–H and O–H groups in total. The lowest BCUT2D eigenvalue weighted by atomic mass is 9.89. The smallest absolute Gasteiger partial charge is 0.254 e. The van der Waals surface area contributed by atoms with E-state index in [0.717, 1.165) is 36.8 Å². The number of nitrogens with one attached hydrogen (secondary N) is 1. The van der Waals surface area contributed by atoms with E-state index in [1.165, 1.54) is 33.9 Å². The predicted molar refractivity (Wildman–Crippen MR) is 125 cm³/mol. The van der Waals surface area contributed by atoms with E-state index in [1.807, 2.05) is 0 Å². The van der Waals surface area contributed by atoms with Gasteiger partial charge in [0.2, 0.25) is 0 Å². The Morgan fingerprint density at radius 3 is 3.03 bits per heavy atom. The molecule has 1 amide bonds. The molecule has 0 spiro atoms. The van der Waals surface area contributed by atoms with Crippen molar-refractivity contribution < 1.29 is 9.90 Å². The number of aromatic nitrogens is 1. The van der Waals surface area contributed by atoms with Crippen LogP contribution in [-0.4, -0.2) is 39.8 Å². The Kier molecular flexibility index (Phi) is 5.32. The van der Waals surface area contributed by atoms with E-state index in [2.05, 4.69) is 61.0 Å². The zero-order valence-corrected chi connectivity index (χ0v) is 19.0. The van der Waals surface area contributed by atoms with Gasteiger partial charge in [-0.1, -0.05) is 27.6 Å². The predicted octanol–water partition coefficient (Wildman–Crippen LogP) is 4.26. The molecule has 0 saturated heterocycles. The Morgan fingerprint density at radius 1 is 1.29 bits per heavy atom. The standard InChI is InChI=1S/C24H25BrN4O2/c1-15-5-7-20-19(11-15)18-3-2-4-21-24(18)29(20)10-9-28(21)14-23(31)27-26-13-16-12-17(25)6-8-22(16)30/h5-8,11-13,21,30H,2-4,9-10,14H2,1H3,(H,27,31)/t21-/m0/s1. The van der Waals surface area contributed by atoms with Crippen LogP contribution in [0.2, 0.25) is 0 Å². The summed E-state index contributed by atoms with van der Waals surface area (Å²) >= 11 is 3.37. The molecule has 1 aliphatic carbocycles. The lowest BCUT2D eigenvalue weighted by molar-refractivity contribution is -0.123. The number of benzene rings is 2. The number of carbonyl (C=O) groups is 1. The molecule has 7 heteroatoms. The minimum atomic E-state index is -0.140. The zero-order valence-electron chi connectivity index (χ0n) is 17.4. The molecular formula is C24H25BrN4O2. The quantitative estimate of drug-likeness (QED) is 0.432. The Bertz CT molecular complexity index is 1200. The molecule has 1 aromatic heterocycles. The molecule has 1 atom stereocenters. The number of rotatable bonds is 4. The van der Waals surface area contributed by atoms with Gasteiger partial charge >= 0.3 is 0 Å². The van der Waals surface area contributed by atoms with Gasteiger partial charge < -0.3 is 9.67 Å². The zero-order chi connectivity index (χ0) is 21.5. The molecule has 0 saturated carbocycles. The Morgan fingerprint density at radius 2 is 2.16 bits per heavy atom. The summed E-state index contributed by atoms with van der Waals surface area (Å²) in [5, 5.41) is 15.3. The van der Waals surface area contributed by atoms with Crippen LogP contribution in [-0.2, 0) is 17.8 Å². The number of hydrazone groups is 1. The van der Waals surface area contributed by atoms with Crippen molar-refractivity contribution in [2.24, 2.45) is 5.10 Å². The molecule has 0 fully saturated rings. The van der Waals surface area contributed by atoms with Crippen LogP contribution in [0.15, 0.2) is 46.0 Å². The number of nitrogens with zero attached hydrogens (tertiary/aromatic N) is 3. The van der Waals surface area contributed by atoms with Crippen molar-refractivity contribution in [1.29, 1.82) is 0 Å². The van der Waals surface area contributed by atoms with E-state index in [9.17, 15) is 9.90 Å². The van der Waals surface area contributed by atoms with Gasteiger partial charge in [-0.3, -0.25) is 9.69 Å². The summed E-state index contributed by atoms with van der Waals surface area (Å²) in [6.07, 6.45) is 4.79. The first-order chi connectivity index (χ1) is 15.0. The number of phenolic OH excluding ortho intramolecular Hbond substituents is 1. The van der Waals surface area contributed by atoms with E-state index < -0.39 is 0 Å². The summed E-state index contributed by atoms with van der Waals surface area (Å²) in [5.74, 6) is -0.0201. The molecule has 31 heavy (non-hydrogen) atoms. The molecule has 5 rings (SSSR count). The van der Waals surface area contributed by atoms with Crippen LogP contribution in [0.3, 0.4) is 0 Å². The minimum Gasteiger partial charge on any atom is -0.507 e. The average Bonchev–Trinajstić information content (AvgIpc) is 3.07. The van der Waals surface area contributed by atoms with Crippen molar-refractivity contribution in [3.63, 3.8) is 0 Å².